The third kappa shape index (κ3) is 4.08. The SMILES string of the molecule is Cc1c2c(cc3c1OC(=Cc1cccc(F)c1)C3=O)CN(CCN1CCOCC1)CO2. The highest BCUT2D eigenvalue weighted by Crippen LogP contribution is 2.43. The van der Waals surface area contributed by atoms with Crippen molar-refractivity contribution < 1.29 is 23.4 Å². The summed E-state index contributed by atoms with van der Waals surface area (Å²) < 4.78 is 30.9. The third-order valence-corrected chi connectivity index (χ3v) is 5.98. The van der Waals surface area contributed by atoms with Crippen LogP contribution >= 0.6 is 0 Å². The normalized spacial score (nSPS) is 20.3. The number of Topliss-reactive ketones (excluding diaryl/α,β-unsaturated/α-hetero) is 1. The molecule has 2 aromatic rings. The van der Waals surface area contributed by atoms with Crippen LogP contribution in [0.1, 0.15) is 27.0 Å². The second-order valence-corrected chi connectivity index (χ2v) is 8.14. The highest BCUT2D eigenvalue weighted by Gasteiger charge is 2.33. The predicted octanol–water partition coefficient (Wildman–Crippen LogP) is 3.23. The topological polar surface area (TPSA) is 51.2 Å². The van der Waals surface area contributed by atoms with E-state index < -0.39 is 0 Å². The molecule has 3 aliphatic heterocycles. The van der Waals surface area contributed by atoms with Crippen LogP contribution in [0.3, 0.4) is 0 Å². The van der Waals surface area contributed by atoms with Gasteiger partial charge in [0.1, 0.15) is 24.0 Å². The van der Waals surface area contributed by atoms with Gasteiger partial charge >= 0.3 is 0 Å². The molecule has 0 spiro atoms. The summed E-state index contributed by atoms with van der Waals surface area (Å²) >= 11 is 0. The van der Waals surface area contributed by atoms with Crippen molar-refractivity contribution in [2.24, 2.45) is 0 Å². The molecule has 1 fully saturated rings. The third-order valence-electron chi connectivity index (χ3n) is 5.98. The number of hydrogen-bond donors (Lipinski definition) is 0. The number of ether oxygens (including phenoxy) is 3. The van der Waals surface area contributed by atoms with Gasteiger partial charge in [0.05, 0.1) is 18.8 Å². The number of carbonyl (C=O) groups excluding carboxylic acids is 1. The number of ketones is 1. The van der Waals surface area contributed by atoms with Crippen LogP contribution in [0.4, 0.5) is 4.39 Å². The number of rotatable bonds is 4. The Balaban J connectivity index is 1.34. The van der Waals surface area contributed by atoms with Crippen LogP contribution in [0.5, 0.6) is 11.5 Å². The van der Waals surface area contributed by atoms with Crippen molar-refractivity contribution in [1.82, 2.24) is 9.80 Å². The largest absolute Gasteiger partial charge is 0.477 e. The maximum absolute atomic E-state index is 13.5. The summed E-state index contributed by atoms with van der Waals surface area (Å²) in [5.74, 6) is 0.995. The molecule has 0 atom stereocenters. The Morgan fingerprint density at radius 1 is 1.10 bits per heavy atom. The first-order chi connectivity index (χ1) is 15.1. The predicted molar refractivity (Wildman–Crippen MR) is 114 cm³/mol. The van der Waals surface area contributed by atoms with Gasteiger partial charge in [-0.1, -0.05) is 12.1 Å². The van der Waals surface area contributed by atoms with E-state index in [1.54, 1.807) is 18.2 Å². The molecule has 162 valence electrons. The van der Waals surface area contributed by atoms with Crippen molar-refractivity contribution in [2.45, 2.75) is 13.5 Å². The molecule has 0 amide bonds. The van der Waals surface area contributed by atoms with Gasteiger partial charge in [0.25, 0.3) is 0 Å². The Kier molecular flexibility index (Phi) is 5.48. The number of benzene rings is 2. The van der Waals surface area contributed by atoms with Crippen LogP contribution < -0.4 is 9.47 Å². The van der Waals surface area contributed by atoms with Crippen molar-refractivity contribution in [3.05, 3.63) is 64.2 Å². The van der Waals surface area contributed by atoms with Gasteiger partial charge in [-0.05, 0) is 36.8 Å². The minimum absolute atomic E-state index is 0.185. The standard InChI is InChI=1S/C24H25FN2O4/c1-16-23-18(14-27(15-30-23)6-5-26-7-9-29-10-8-26)13-20-22(28)21(31-24(16)20)12-17-3-2-4-19(25)11-17/h2-4,11-13H,5-10,14-15H2,1H3. The molecule has 31 heavy (non-hydrogen) atoms. The van der Waals surface area contributed by atoms with Gasteiger partial charge in [0.2, 0.25) is 5.78 Å². The number of morpholine rings is 1. The minimum atomic E-state index is -0.352. The van der Waals surface area contributed by atoms with Gasteiger partial charge in [-0.3, -0.25) is 14.6 Å². The summed E-state index contributed by atoms with van der Waals surface area (Å²) in [5.41, 5.74) is 2.95. The zero-order valence-corrected chi connectivity index (χ0v) is 17.5. The van der Waals surface area contributed by atoms with Crippen molar-refractivity contribution in [3.8, 4) is 11.5 Å². The lowest BCUT2D eigenvalue weighted by molar-refractivity contribution is 0.0239. The van der Waals surface area contributed by atoms with Gasteiger partial charge in [-0.25, -0.2) is 4.39 Å². The van der Waals surface area contributed by atoms with E-state index in [0.29, 0.717) is 23.6 Å². The first kappa shape index (κ1) is 20.2. The fourth-order valence-corrected chi connectivity index (χ4v) is 4.30. The van der Waals surface area contributed by atoms with Crippen molar-refractivity contribution in [3.63, 3.8) is 0 Å². The van der Waals surface area contributed by atoms with Crippen LogP contribution in [-0.2, 0) is 11.3 Å². The molecule has 0 aromatic heterocycles. The van der Waals surface area contributed by atoms with Crippen LogP contribution in [0, 0.1) is 12.7 Å². The Morgan fingerprint density at radius 3 is 2.71 bits per heavy atom. The van der Waals surface area contributed by atoms with E-state index in [1.165, 1.54) is 12.1 Å². The molecular formula is C24H25FN2O4. The number of nitrogens with zero attached hydrogens (tertiary/aromatic N) is 2. The van der Waals surface area contributed by atoms with Crippen molar-refractivity contribution >= 4 is 11.9 Å². The first-order valence-electron chi connectivity index (χ1n) is 10.6. The molecule has 0 N–H and O–H groups in total. The average Bonchev–Trinajstić information content (AvgIpc) is 3.09. The van der Waals surface area contributed by atoms with E-state index in [4.69, 9.17) is 14.2 Å². The van der Waals surface area contributed by atoms with Gasteiger partial charge < -0.3 is 14.2 Å². The molecule has 3 aliphatic rings. The van der Waals surface area contributed by atoms with Gasteiger partial charge in [-0.2, -0.15) is 0 Å². The summed E-state index contributed by atoms with van der Waals surface area (Å²) in [5, 5.41) is 0. The summed E-state index contributed by atoms with van der Waals surface area (Å²) in [6, 6.07) is 7.97. The zero-order valence-electron chi connectivity index (χ0n) is 17.5. The molecule has 3 heterocycles. The molecule has 6 nitrogen and oxygen atoms in total. The van der Waals surface area contributed by atoms with Crippen LogP contribution in [-0.4, -0.2) is 61.7 Å². The number of hydrogen-bond acceptors (Lipinski definition) is 6. The summed E-state index contributed by atoms with van der Waals surface area (Å²) in [6.45, 7) is 8.52. The minimum Gasteiger partial charge on any atom is -0.477 e. The zero-order chi connectivity index (χ0) is 21.4. The number of allylic oxidation sites excluding steroid dienone is 1. The van der Waals surface area contributed by atoms with E-state index in [0.717, 1.165) is 62.8 Å². The molecule has 1 saturated heterocycles. The Bertz CT molecular complexity index is 1050. The summed E-state index contributed by atoms with van der Waals surface area (Å²) in [7, 11) is 0. The van der Waals surface area contributed by atoms with E-state index >= 15 is 0 Å². The molecular weight excluding hydrogens is 399 g/mol. The average molecular weight is 424 g/mol. The smallest absolute Gasteiger partial charge is 0.231 e. The molecule has 0 radical (unpaired) electrons. The Labute approximate surface area is 180 Å². The molecule has 7 heteroatoms. The molecule has 0 aliphatic carbocycles. The maximum atomic E-state index is 13.5. The lowest BCUT2D eigenvalue weighted by atomic mass is 10.00. The Morgan fingerprint density at radius 2 is 1.90 bits per heavy atom. The highest BCUT2D eigenvalue weighted by atomic mass is 19.1. The fraction of sp³-hybridized carbons (Fsp3) is 0.375. The maximum Gasteiger partial charge on any atom is 0.231 e. The van der Waals surface area contributed by atoms with E-state index in [-0.39, 0.29) is 17.4 Å². The number of fused-ring (bicyclic) bond motifs is 2. The van der Waals surface area contributed by atoms with Crippen molar-refractivity contribution in [1.29, 1.82) is 0 Å². The molecule has 0 saturated carbocycles. The highest BCUT2D eigenvalue weighted by molar-refractivity contribution is 6.15. The second-order valence-electron chi connectivity index (χ2n) is 8.14. The summed E-state index contributed by atoms with van der Waals surface area (Å²) in [6.07, 6.45) is 1.58. The first-order valence-corrected chi connectivity index (χ1v) is 10.6. The lowest BCUT2D eigenvalue weighted by Crippen LogP contribution is -2.43. The summed E-state index contributed by atoms with van der Waals surface area (Å²) in [4.78, 5) is 17.6. The van der Waals surface area contributed by atoms with E-state index in [9.17, 15) is 9.18 Å². The van der Waals surface area contributed by atoms with E-state index in [1.807, 2.05) is 13.0 Å². The number of halogens is 1. The second kappa shape index (κ2) is 8.42. The molecule has 0 bridgehead atoms. The molecule has 0 unspecified atom stereocenters. The quantitative estimate of drug-likeness (QED) is 0.703. The Hall–Kier alpha value is -2.74. The van der Waals surface area contributed by atoms with Crippen molar-refractivity contribution in [2.75, 3.05) is 46.1 Å². The van der Waals surface area contributed by atoms with Crippen LogP contribution in [0.2, 0.25) is 0 Å². The number of carbonyl (C=O) groups is 1. The van der Waals surface area contributed by atoms with Gasteiger partial charge in [0, 0.05) is 43.9 Å². The molecule has 5 rings (SSSR count). The fourth-order valence-electron chi connectivity index (χ4n) is 4.30. The van der Waals surface area contributed by atoms with Crippen LogP contribution in [0.25, 0.3) is 6.08 Å². The van der Waals surface area contributed by atoms with Gasteiger partial charge in [-0.15, -0.1) is 0 Å². The molecule has 2 aromatic carbocycles. The van der Waals surface area contributed by atoms with Crippen LogP contribution in [0.15, 0.2) is 36.1 Å². The van der Waals surface area contributed by atoms with E-state index in [2.05, 4.69) is 9.80 Å². The monoisotopic (exact) mass is 424 g/mol. The van der Waals surface area contributed by atoms with Gasteiger partial charge in [0.15, 0.2) is 5.76 Å². The lowest BCUT2D eigenvalue weighted by Gasteiger charge is -2.33.